The molecule has 2 saturated heterocycles. The van der Waals surface area contributed by atoms with Crippen molar-refractivity contribution in [3.8, 4) is 5.75 Å². The van der Waals surface area contributed by atoms with Crippen molar-refractivity contribution in [3.05, 3.63) is 24.3 Å². The maximum absolute atomic E-state index is 12.2. The number of rotatable bonds is 8. The van der Waals surface area contributed by atoms with Crippen molar-refractivity contribution in [1.29, 1.82) is 0 Å². The Morgan fingerprint density at radius 3 is 2.64 bits per heavy atom. The molecule has 4 atom stereocenters. The first-order valence-electron chi connectivity index (χ1n) is 9.73. The third-order valence-electron chi connectivity index (χ3n) is 4.71. The van der Waals surface area contributed by atoms with Crippen LogP contribution in [-0.4, -0.2) is 56.7 Å². The van der Waals surface area contributed by atoms with Crippen molar-refractivity contribution >= 4 is 11.7 Å². The van der Waals surface area contributed by atoms with Gasteiger partial charge in [-0.2, -0.15) is 0 Å². The summed E-state index contributed by atoms with van der Waals surface area (Å²) >= 11 is 0. The molecule has 2 aliphatic rings. The molecule has 1 aromatic carbocycles. The summed E-state index contributed by atoms with van der Waals surface area (Å²) in [5.41, 5.74) is 0.673. The fourth-order valence-corrected chi connectivity index (χ4v) is 3.32. The highest BCUT2D eigenvalue weighted by Gasteiger charge is 2.55. The van der Waals surface area contributed by atoms with E-state index >= 15 is 0 Å². The van der Waals surface area contributed by atoms with E-state index in [1.54, 1.807) is 31.4 Å². The first-order valence-corrected chi connectivity index (χ1v) is 9.73. The van der Waals surface area contributed by atoms with Gasteiger partial charge in [0.1, 0.15) is 24.1 Å². The number of methoxy groups -OCH3 is 1. The molecular formula is C20H30N2O6. The number of nitrogens with one attached hydrogen (secondary N) is 2. The topological polar surface area (TPSA) is 87.3 Å². The molecule has 0 radical (unpaired) electrons. The predicted octanol–water partition coefficient (Wildman–Crippen LogP) is 2.88. The number of carbonyl (C=O) groups is 1. The van der Waals surface area contributed by atoms with E-state index in [0.29, 0.717) is 18.8 Å². The average molecular weight is 394 g/mol. The molecule has 28 heavy (non-hydrogen) atoms. The minimum absolute atomic E-state index is 0.291. The van der Waals surface area contributed by atoms with Crippen molar-refractivity contribution in [3.63, 3.8) is 0 Å². The lowest BCUT2D eigenvalue weighted by molar-refractivity contribution is -0.217. The predicted molar refractivity (Wildman–Crippen MR) is 103 cm³/mol. The van der Waals surface area contributed by atoms with E-state index in [9.17, 15) is 4.79 Å². The number of hydrogen-bond donors (Lipinski definition) is 2. The van der Waals surface area contributed by atoms with Crippen LogP contribution in [0.25, 0.3) is 0 Å². The Morgan fingerprint density at radius 1 is 1.21 bits per heavy atom. The van der Waals surface area contributed by atoms with Crippen LogP contribution in [0.1, 0.15) is 33.6 Å². The van der Waals surface area contributed by atoms with Gasteiger partial charge in [-0.3, -0.25) is 0 Å². The lowest BCUT2D eigenvalue weighted by Gasteiger charge is -2.26. The van der Waals surface area contributed by atoms with Crippen molar-refractivity contribution in [2.75, 3.05) is 25.6 Å². The number of carbonyl (C=O) groups excluding carboxylic acids is 1. The Hall–Kier alpha value is -1.87. The zero-order chi connectivity index (χ0) is 20.1. The minimum Gasteiger partial charge on any atom is -0.497 e. The van der Waals surface area contributed by atoms with Gasteiger partial charge in [0.15, 0.2) is 12.1 Å². The van der Waals surface area contributed by atoms with Gasteiger partial charge in [-0.25, -0.2) is 4.79 Å². The number of benzene rings is 1. The van der Waals surface area contributed by atoms with Crippen LogP contribution in [-0.2, 0) is 18.9 Å². The molecule has 0 aliphatic carbocycles. The Labute approximate surface area is 165 Å². The highest BCUT2D eigenvalue weighted by atomic mass is 16.8. The molecule has 0 saturated carbocycles. The number of ether oxygens (including phenoxy) is 5. The number of fused-ring (bicyclic) bond motifs is 1. The fourth-order valence-electron chi connectivity index (χ4n) is 3.32. The first kappa shape index (κ1) is 20.9. The molecule has 0 unspecified atom stereocenters. The largest absolute Gasteiger partial charge is 0.497 e. The van der Waals surface area contributed by atoms with Gasteiger partial charge in [-0.15, -0.1) is 0 Å². The van der Waals surface area contributed by atoms with E-state index in [1.807, 2.05) is 13.8 Å². The molecule has 0 bridgehead atoms. The smallest absolute Gasteiger partial charge is 0.319 e. The minimum atomic E-state index is -0.703. The van der Waals surface area contributed by atoms with Crippen LogP contribution in [0.4, 0.5) is 10.5 Å². The maximum atomic E-state index is 12.2. The zero-order valence-corrected chi connectivity index (χ0v) is 16.9. The third kappa shape index (κ3) is 5.14. The van der Waals surface area contributed by atoms with Crippen LogP contribution >= 0.6 is 0 Å². The van der Waals surface area contributed by atoms with E-state index < -0.39 is 12.1 Å². The third-order valence-corrected chi connectivity index (χ3v) is 4.71. The molecule has 2 aliphatic heterocycles. The molecule has 2 fully saturated rings. The van der Waals surface area contributed by atoms with E-state index in [0.717, 1.165) is 18.6 Å². The van der Waals surface area contributed by atoms with Gasteiger partial charge in [0.2, 0.25) is 0 Å². The Balaban J connectivity index is 1.53. The second kappa shape index (κ2) is 9.09. The second-order valence-corrected chi connectivity index (χ2v) is 7.40. The fraction of sp³-hybridized carbons (Fsp3) is 0.650. The summed E-state index contributed by atoms with van der Waals surface area (Å²) in [6.07, 6.45) is 0.569. The van der Waals surface area contributed by atoms with Gasteiger partial charge in [0.05, 0.1) is 7.11 Å². The molecular weight excluding hydrogens is 364 g/mol. The van der Waals surface area contributed by atoms with E-state index in [-0.39, 0.29) is 24.3 Å². The molecule has 8 heteroatoms. The molecule has 2 amide bonds. The Kier molecular flexibility index (Phi) is 6.77. The summed E-state index contributed by atoms with van der Waals surface area (Å²) in [5, 5.41) is 5.62. The van der Waals surface area contributed by atoms with Crippen LogP contribution in [0.3, 0.4) is 0 Å². The van der Waals surface area contributed by atoms with Gasteiger partial charge in [0, 0.05) is 18.8 Å². The van der Waals surface area contributed by atoms with Crippen molar-refractivity contribution in [1.82, 2.24) is 5.32 Å². The summed E-state index contributed by atoms with van der Waals surface area (Å²) in [7, 11) is 1.60. The Bertz CT molecular complexity index is 651. The van der Waals surface area contributed by atoms with Crippen molar-refractivity contribution in [2.45, 2.75) is 64.0 Å². The van der Waals surface area contributed by atoms with Crippen LogP contribution in [0.2, 0.25) is 0 Å². The second-order valence-electron chi connectivity index (χ2n) is 7.40. The lowest BCUT2D eigenvalue weighted by atomic mass is 10.1. The van der Waals surface area contributed by atoms with Gasteiger partial charge in [0.25, 0.3) is 0 Å². The zero-order valence-electron chi connectivity index (χ0n) is 16.9. The first-order chi connectivity index (χ1) is 13.4. The van der Waals surface area contributed by atoms with Crippen LogP contribution < -0.4 is 15.4 Å². The molecule has 2 N–H and O–H groups in total. The van der Waals surface area contributed by atoms with Crippen LogP contribution in [0.5, 0.6) is 5.75 Å². The average Bonchev–Trinajstić information content (AvgIpc) is 3.13. The molecule has 3 rings (SSSR count). The summed E-state index contributed by atoms with van der Waals surface area (Å²) in [5.74, 6) is 0.0260. The van der Waals surface area contributed by atoms with E-state index in [2.05, 4.69) is 17.6 Å². The summed E-state index contributed by atoms with van der Waals surface area (Å²) in [6, 6.07) is 6.79. The van der Waals surface area contributed by atoms with E-state index in [4.69, 9.17) is 23.7 Å². The highest BCUT2D eigenvalue weighted by Crippen LogP contribution is 2.38. The summed E-state index contributed by atoms with van der Waals surface area (Å²) in [4.78, 5) is 12.2. The van der Waals surface area contributed by atoms with Crippen molar-refractivity contribution < 1.29 is 28.5 Å². The molecule has 0 spiro atoms. The number of amides is 2. The lowest BCUT2D eigenvalue weighted by Crippen LogP contribution is -2.44. The van der Waals surface area contributed by atoms with Gasteiger partial charge >= 0.3 is 6.03 Å². The number of hydrogen-bond acceptors (Lipinski definition) is 6. The number of urea groups is 1. The summed E-state index contributed by atoms with van der Waals surface area (Å²) < 4.78 is 28.9. The Morgan fingerprint density at radius 2 is 1.96 bits per heavy atom. The van der Waals surface area contributed by atoms with E-state index in [1.165, 1.54) is 0 Å². The molecule has 0 aromatic heterocycles. The number of anilines is 1. The molecule has 1 aromatic rings. The van der Waals surface area contributed by atoms with Gasteiger partial charge in [-0.05, 0) is 44.5 Å². The highest BCUT2D eigenvalue weighted by molar-refractivity contribution is 5.89. The van der Waals surface area contributed by atoms with Crippen LogP contribution in [0.15, 0.2) is 24.3 Å². The monoisotopic (exact) mass is 394 g/mol. The molecule has 8 nitrogen and oxygen atoms in total. The quantitative estimate of drug-likeness (QED) is 0.660. The molecule has 2 heterocycles. The maximum Gasteiger partial charge on any atom is 0.319 e. The van der Waals surface area contributed by atoms with Gasteiger partial charge in [-0.1, -0.05) is 13.3 Å². The molecule has 156 valence electrons. The standard InChI is InChI=1S/C20H30N2O6/c1-5-6-11-25-16-15(26-18-17(16)27-20(2,3)28-18)12-21-19(23)22-13-7-9-14(24-4)10-8-13/h7-10,15-18H,5-6,11-12H2,1-4H3,(H2,21,22,23)/t15-,16+,17-,18-/m1/s1. The van der Waals surface area contributed by atoms with Crippen LogP contribution in [0, 0.1) is 0 Å². The SMILES string of the molecule is CCCCO[C@@H]1[C@H]2OC(C)(C)O[C@H]2O[C@@H]1CNC(=O)Nc1ccc(OC)cc1. The van der Waals surface area contributed by atoms with Gasteiger partial charge < -0.3 is 34.3 Å². The van der Waals surface area contributed by atoms with Crippen molar-refractivity contribution in [2.24, 2.45) is 0 Å². The normalized spacial score (nSPS) is 28.0. The number of unbranched alkanes of at least 4 members (excludes halogenated alkanes) is 1. The summed E-state index contributed by atoms with van der Waals surface area (Å²) in [6.45, 7) is 6.73.